The number of amides is 1. The van der Waals surface area contributed by atoms with Crippen molar-refractivity contribution in [3.8, 4) is 0 Å². The van der Waals surface area contributed by atoms with E-state index in [0.717, 1.165) is 24.5 Å². The minimum Gasteiger partial charge on any atom is -0.353 e. The Kier molecular flexibility index (Phi) is 5.33. The van der Waals surface area contributed by atoms with E-state index < -0.39 is 0 Å². The summed E-state index contributed by atoms with van der Waals surface area (Å²) in [6.07, 6.45) is 1.98. The third-order valence-electron chi connectivity index (χ3n) is 4.29. The number of carbonyl (C=O) groups excluding carboxylic acids is 1. The maximum Gasteiger partial charge on any atom is 0.224 e. The number of pyridine rings is 1. The Hall–Kier alpha value is -2.11. The van der Waals surface area contributed by atoms with Crippen LogP contribution in [0.15, 0.2) is 48.7 Å². The monoisotopic (exact) mass is 344 g/mol. The molecule has 0 aliphatic carbocycles. The van der Waals surface area contributed by atoms with E-state index in [4.69, 9.17) is 17.3 Å². The molecule has 1 amide bonds. The molecular formula is C18H21ClN4O. The summed E-state index contributed by atoms with van der Waals surface area (Å²) in [6, 6.07) is 13.2. The smallest absolute Gasteiger partial charge is 0.224 e. The van der Waals surface area contributed by atoms with Crippen LogP contribution in [0.5, 0.6) is 0 Å². The molecule has 1 atom stereocenters. The van der Waals surface area contributed by atoms with Gasteiger partial charge < -0.3 is 15.5 Å². The van der Waals surface area contributed by atoms with Gasteiger partial charge in [0.05, 0.1) is 5.02 Å². The van der Waals surface area contributed by atoms with Crippen LogP contribution in [-0.4, -0.2) is 42.0 Å². The van der Waals surface area contributed by atoms with E-state index in [2.05, 4.69) is 9.88 Å². The number of nitrogens with zero attached hydrogens (tertiary/aromatic N) is 3. The van der Waals surface area contributed by atoms with Crippen LogP contribution in [-0.2, 0) is 4.79 Å². The first-order valence-corrected chi connectivity index (χ1v) is 8.46. The Morgan fingerprint density at radius 1 is 1.12 bits per heavy atom. The summed E-state index contributed by atoms with van der Waals surface area (Å²) in [7, 11) is 0. The van der Waals surface area contributed by atoms with Crippen molar-refractivity contribution in [1.82, 2.24) is 9.88 Å². The number of piperazine rings is 1. The standard InChI is InChI=1S/C18H21ClN4O/c19-15-6-7-17(21-13-15)22-8-10-23(11-9-22)18(24)12-16(20)14-4-2-1-3-5-14/h1-7,13,16H,8-12,20H2. The largest absolute Gasteiger partial charge is 0.353 e. The van der Waals surface area contributed by atoms with E-state index in [0.29, 0.717) is 24.5 Å². The van der Waals surface area contributed by atoms with Crippen LogP contribution < -0.4 is 10.6 Å². The summed E-state index contributed by atoms with van der Waals surface area (Å²) in [4.78, 5) is 20.8. The van der Waals surface area contributed by atoms with Gasteiger partial charge in [0.25, 0.3) is 0 Å². The summed E-state index contributed by atoms with van der Waals surface area (Å²) in [5, 5.41) is 0.627. The van der Waals surface area contributed by atoms with E-state index in [1.54, 1.807) is 6.20 Å². The van der Waals surface area contributed by atoms with Crippen LogP contribution in [0.3, 0.4) is 0 Å². The number of carbonyl (C=O) groups is 1. The Morgan fingerprint density at radius 2 is 1.83 bits per heavy atom. The highest BCUT2D eigenvalue weighted by atomic mass is 35.5. The first kappa shape index (κ1) is 16.7. The van der Waals surface area contributed by atoms with Crippen molar-refractivity contribution in [2.24, 2.45) is 5.73 Å². The Balaban J connectivity index is 1.52. The number of anilines is 1. The summed E-state index contributed by atoms with van der Waals surface area (Å²) in [5.41, 5.74) is 7.15. The number of benzene rings is 1. The molecule has 1 saturated heterocycles. The molecule has 5 nitrogen and oxygen atoms in total. The molecule has 1 aliphatic heterocycles. The highest BCUT2D eigenvalue weighted by Crippen LogP contribution is 2.18. The maximum absolute atomic E-state index is 12.5. The van der Waals surface area contributed by atoms with Gasteiger partial charge in [-0.05, 0) is 17.7 Å². The normalized spacial score (nSPS) is 16.1. The fourth-order valence-electron chi connectivity index (χ4n) is 2.88. The van der Waals surface area contributed by atoms with Crippen molar-refractivity contribution < 1.29 is 4.79 Å². The molecule has 0 spiro atoms. The molecule has 1 aliphatic rings. The van der Waals surface area contributed by atoms with Crippen molar-refractivity contribution in [3.63, 3.8) is 0 Å². The first-order valence-electron chi connectivity index (χ1n) is 8.08. The SMILES string of the molecule is NC(CC(=O)N1CCN(c2ccc(Cl)cn2)CC1)c1ccccc1. The van der Waals surface area contributed by atoms with Gasteiger partial charge in [-0.25, -0.2) is 4.98 Å². The van der Waals surface area contributed by atoms with Crippen LogP contribution >= 0.6 is 11.6 Å². The number of rotatable bonds is 4. The van der Waals surface area contributed by atoms with Gasteiger partial charge in [-0.1, -0.05) is 41.9 Å². The second kappa shape index (κ2) is 7.64. The summed E-state index contributed by atoms with van der Waals surface area (Å²) in [5.74, 6) is 1.00. The van der Waals surface area contributed by atoms with Crippen molar-refractivity contribution in [3.05, 3.63) is 59.2 Å². The van der Waals surface area contributed by atoms with Crippen LogP contribution in [0.1, 0.15) is 18.0 Å². The lowest BCUT2D eigenvalue weighted by Gasteiger charge is -2.35. The molecule has 0 bridgehead atoms. The van der Waals surface area contributed by atoms with E-state index in [1.165, 1.54) is 0 Å². The van der Waals surface area contributed by atoms with Gasteiger partial charge in [0, 0.05) is 44.8 Å². The Labute approximate surface area is 147 Å². The number of aromatic nitrogens is 1. The van der Waals surface area contributed by atoms with Gasteiger partial charge in [0.15, 0.2) is 0 Å². The van der Waals surface area contributed by atoms with Crippen molar-refractivity contribution in [2.45, 2.75) is 12.5 Å². The zero-order chi connectivity index (χ0) is 16.9. The molecule has 2 N–H and O–H groups in total. The Morgan fingerprint density at radius 3 is 2.46 bits per heavy atom. The van der Waals surface area contributed by atoms with Crippen molar-refractivity contribution in [1.29, 1.82) is 0 Å². The number of hydrogen-bond acceptors (Lipinski definition) is 4. The van der Waals surface area contributed by atoms with Gasteiger partial charge in [-0.2, -0.15) is 0 Å². The topological polar surface area (TPSA) is 62.5 Å². The second-order valence-electron chi connectivity index (χ2n) is 5.92. The lowest BCUT2D eigenvalue weighted by molar-refractivity contribution is -0.131. The maximum atomic E-state index is 12.5. The van der Waals surface area contributed by atoms with Crippen LogP contribution in [0, 0.1) is 0 Å². The van der Waals surface area contributed by atoms with Crippen LogP contribution in [0.2, 0.25) is 5.02 Å². The Bertz CT molecular complexity index is 669. The highest BCUT2D eigenvalue weighted by Gasteiger charge is 2.23. The average Bonchev–Trinajstić information content (AvgIpc) is 2.63. The number of nitrogens with two attached hydrogens (primary N) is 1. The van der Waals surface area contributed by atoms with Gasteiger partial charge in [-0.3, -0.25) is 4.79 Å². The highest BCUT2D eigenvalue weighted by molar-refractivity contribution is 6.30. The van der Waals surface area contributed by atoms with E-state index in [-0.39, 0.29) is 11.9 Å². The van der Waals surface area contributed by atoms with Crippen LogP contribution in [0.25, 0.3) is 0 Å². The fourth-order valence-corrected chi connectivity index (χ4v) is 2.99. The molecule has 6 heteroatoms. The zero-order valence-electron chi connectivity index (χ0n) is 13.4. The molecule has 3 rings (SSSR count). The first-order chi connectivity index (χ1) is 11.6. The minimum absolute atomic E-state index is 0.107. The van der Waals surface area contributed by atoms with Crippen molar-refractivity contribution >= 4 is 23.3 Å². The summed E-state index contributed by atoms with van der Waals surface area (Å²) < 4.78 is 0. The third kappa shape index (κ3) is 4.04. The molecular weight excluding hydrogens is 324 g/mol. The summed E-state index contributed by atoms with van der Waals surface area (Å²) in [6.45, 7) is 2.90. The molecule has 1 aromatic carbocycles. The molecule has 126 valence electrons. The number of halogens is 1. The predicted molar refractivity (Wildman–Crippen MR) is 96.0 cm³/mol. The van der Waals surface area contributed by atoms with Gasteiger partial charge >= 0.3 is 0 Å². The zero-order valence-corrected chi connectivity index (χ0v) is 14.2. The third-order valence-corrected chi connectivity index (χ3v) is 4.51. The average molecular weight is 345 g/mol. The molecule has 1 aromatic heterocycles. The van der Waals surface area contributed by atoms with Gasteiger partial charge in [0.2, 0.25) is 5.91 Å². The fraction of sp³-hybridized carbons (Fsp3) is 0.333. The summed E-state index contributed by atoms with van der Waals surface area (Å²) >= 11 is 5.87. The predicted octanol–water partition coefficient (Wildman–Crippen LogP) is 2.47. The molecule has 0 radical (unpaired) electrons. The van der Waals surface area contributed by atoms with Crippen molar-refractivity contribution in [2.75, 3.05) is 31.1 Å². The van der Waals surface area contributed by atoms with E-state index in [9.17, 15) is 4.79 Å². The quantitative estimate of drug-likeness (QED) is 0.925. The van der Waals surface area contributed by atoms with Gasteiger partial charge in [-0.15, -0.1) is 0 Å². The minimum atomic E-state index is -0.255. The lowest BCUT2D eigenvalue weighted by atomic mass is 10.0. The molecule has 2 heterocycles. The second-order valence-corrected chi connectivity index (χ2v) is 6.36. The lowest BCUT2D eigenvalue weighted by Crippen LogP contribution is -2.49. The molecule has 1 fully saturated rings. The van der Waals surface area contributed by atoms with E-state index >= 15 is 0 Å². The molecule has 0 saturated carbocycles. The van der Waals surface area contributed by atoms with Gasteiger partial charge in [0.1, 0.15) is 5.82 Å². The van der Waals surface area contributed by atoms with E-state index in [1.807, 2.05) is 47.4 Å². The molecule has 2 aromatic rings. The number of hydrogen-bond donors (Lipinski definition) is 1. The van der Waals surface area contributed by atoms with Crippen LogP contribution in [0.4, 0.5) is 5.82 Å². The molecule has 24 heavy (non-hydrogen) atoms. The molecule has 1 unspecified atom stereocenters.